The highest BCUT2D eigenvalue weighted by atomic mass is 32.2. The maximum atomic E-state index is 11.8. The molecule has 1 aromatic rings. The van der Waals surface area contributed by atoms with Crippen LogP contribution >= 0.6 is 0 Å². The molecule has 1 aliphatic rings. The van der Waals surface area contributed by atoms with Gasteiger partial charge in [-0.05, 0) is 31.4 Å². The second-order valence-electron chi connectivity index (χ2n) is 5.79. The summed E-state index contributed by atoms with van der Waals surface area (Å²) in [5, 5.41) is 14.3. The molecule has 0 aliphatic heterocycles. The summed E-state index contributed by atoms with van der Waals surface area (Å²) in [6.45, 7) is 0. The molecule has 1 fully saturated rings. The van der Waals surface area contributed by atoms with Crippen LogP contribution in [0.15, 0.2) is 23.1 Å². The van der Waals surface area contributed by atoms with Crippen molar-refractivity contribution in [3.8, 4) is 0 Å². The molecule has 0 saturated heterocycles. The lowest BCUT2D eigenvalue weighted by molar-refractivity contribution is -0.386. The molecule has 8 nitrogen and oxygen atoms in total. The predicted octanol–water partition coefficient (Wildman–Crippen LogP) is 1.45. The number of benzene rings is 1. The van der Waals surface area contributed by atoms with E-state index in [1.165, 1.54) is 18.2 Å². The van der Waals surface area contributed by atoms with Crippen molar-refractivity contribution in [2.45, 2.75) is 36.6 Å². The molecule has 0 aromatic heterocycles. The van der Waals surface area contributed by atoms with Crippen molar-refractivity contribution in [2.24, 2.45) is 11.7 Å². The van der Waals surface area contributed by atoms with Gasteiger partial charge in [-0.15, -0.1) is 0 Å². The summed E-state index contributed by atoms with van der Waals surface area (Å²) in [7, 11) is -3.72. The van der Waals surface area contributed by atoms with E-state index in [-0.39, 0.29) is 28.4 Å². The standard InChI is InChI=1S/C14H19N3O5S/c1-23(21,22)12-7-3-6-11(13(12)17(19)20)16-10-5-2-4-9(8-10)14(15)18/h3,6-7,9-10,16H,2,4-5,8H2,1H3,(H2,15,18). The molecule has 0 heterocycles. The Labute approximate surface area is 134 Å². The number of carbonyl (C=O) groups is 1. The number of nitro groups is 1. The van der Waals surface area contributed by atoms with Crippen LogP contribution in [0.3, 0.4) is 0 Å². The molecule has 126 valence electrons. The third kappa shape index (κ3) is 3.98. The molecule has 0 bridgehead atoms. The maximum absolute atomic E-state index is 11.8. The Kier molecular flexibility index (Phi) is 4.88. The van der Waals surface area contributed by atoms with E-state index in [1.807, 2.05) is 0 Å². The van der Waals surface area contributed by atoms with E-state index < -0.39 is 20.4 Å². The number of para-hydroxylation sites is 1. The zero-order chi connectivity index (χ0) is 17.2. The van der Waals surface area contributed by atoms with Crippen LogP contribution in [0, 0.1) is 16.0 Å². The lowest BCUT2D eigenvalue weighted by Gasteiger charge is -2.28. The Morgan fingerprint density at radius 1 is 1.39 bits per heavy atom. The van der Waals surface area contributed by atoms with E-state index in [9.17, 15) is 23.3 Å². The summed E-state index contributed by atoms with van der Waals surface area (Å²) in [6, 6.07) is 3.99. The first-order chi connectivity index (χ1) is 10.7. The molecular weight excluding hydrogens is 322 g/mol. The zero-order valence-electron chi connectivity index (χ0n) is 12.7. The molecule has 23 heavy (non-hydrogen) atoms. The minimum Gasteiger partial charge on any atom is -0.377 e. The van der Waals surface area contributed by atoms with E-state index in [0.29, 0.717) is 12.8 Å². The van der Waals surface area contributed by atoms with Gasteiger partial charge in [-0.1, -0.05) is 12.5 Å². The molecule has 3 N–H and O–H groups in total. The van der Waals surface area contributed by atoms with E-state index >= 15 is 0 Å². The van der Waals surface area contributed by atoms with Gasteiger partial charge in [0.15, 0.2) is 9.84 Å². The molecule has 1 amide bonds. The Hall–Kier alpha value is -2.16. The SMILES string of the molecule is CS(=O)(=O)c1cccc(NC2CCCC(C(N)=O)C2)c1[N+](=O)[O-]. The van der Waals surface area contributed by atoms with Crippen molar-refractivity contribution >= 4 is 27.1 Å². The summed E-state index contributed by atoms with van der Waals surface area (Å²) in [5.74, 6) is -0.644. The Morgan fingerprint density at radius 2 is 2.09 bits per heavy atom. The first-order valence-corrected chi connectivity index (χ1v) is 9.12. The fraction of sp³-hybridized carbons (Fsp3) is 0.500. The van der Waals surface area contributed by atoms with Crippen molar-refractivity contribution in [1.29, 1.82) is 0 Å². The van der Waals surface area contributed by atoms with Gasteiger partial charge in [0.25, 0.3) is 0 Å². The van der Waals surface area contributed by atoms with E-state index in [1.54, 1.807) is 0 Å². The number of rotatable bonds is 5. The predicted molar refractivity (Wildman–Crippen MR) is 84.8 cm³/mol. The molecule has 0 radical (unpaired) electrons. The van der Waals surface area contributed by atoms with Gasteiger partial charge in [0, 0.05) is 18.2 Å². The third-order valence-electron chi connectivity index (χ3n) is 4.02. The highest BCUT2D eigenvalue weighted by molar-refractivity contribution is 7.90. The van der Waals surface area contributed by atoms with Gasteiger partial charge in [-0.2, -0.15) is 0 Å². The summed E-state index contributed by atoms with van der Waals surface area (Å²) < 4.78 is 23.5. The van der Waals surface area contributed by atoms with Crippen LogP contribution in [0.5, 0.6) is 0 Å². The molecule has 2 unspecified atom stereocenters. The van der Waals surface area contributed by atoms with E-state index in [0.717, 1.165) is 19.1 Å². The first-order valence-electron chi connectivity index (χ1n) is 7.23. The monoisotopic (exact) mass is 341 g/mol. The lowest BCUT2D eigenvalue weighted by Crippen LogP contribution is -2.34. The molecule has 1 saturated carbocycles. The second kappa shape index (κ2) is 6.53. The normalized spacial score (nSPS) is 21.6. The van der Waals surface area contributed by atoms with Crippen LogP contribution in [0.25, 0.3) is 0 Å². The number of primary amides is 1. The second-order valence-corrected chi connectivity index (χ2v) is 7.77. The molecular formula is C14H19N3O5S. The molecule has 0 spiro atoms. The van der Waals surface area contributed by atoms with E-state index in [4.69, 9.17) is 5.73 Å². The van der Waals surface area contributed by atoms with Crippen molar-refractivity contribution in [2.75, 3.05) is 11.6 Å². The van der Waals surface area contributed by atoms with Gasteiger partial charge >= 0.3 is 5.69 Å². The van der Waals surface area contributed by atoms with Gasteiger partial charge < -0.3 is 11.1 Å². The highest BCUT2D eigenvalue weighted by Crippen LogP contribution is 2.34. The number of hydrogen-bond acceptors (Lipinski definition) is 6. The van der Waals surface area contributed by atoms with Crippen molar-refractivity contribution in [3.05, 3.63) is 28.3 Å². The zero-order valence-corrected chi connectivity index (χ0v) is 13.5. The number of sulfone groups is 1. The topological polar surface area (TPSA) is 132 Å². The maximum Gasteiger partial charge on any atom is 0.310 e. The van der Waals surface area contributed by atoms with Crippen molar-refractivity contribution in [3.63, 3.8) is 0 Å². The molecule has 2 rings (SSSR count). The molecule has 9 heteroatoms. The fourth-order valence-electron chi connectivity index (χ4n) is 2.93. The minimum absolute atomic E-state index is 0.146. The quantitative estimate of drug-likeness (QED) is 0.615. The smallest absolute Gasteiger partial charge is 0.310 e. The largest absolute Gasteiger partial charge is 0.377 e. The van der Waals surface area contributed by atoms with Gasteiger partial charge in [-0.3, -0.25) is 14.9 Å². The summed E-state index contributed by atoms with van der Waals surface area (Å²) in [4.78, 5) is 21.6. The van der Waals surface area contributed by atoms with Crippen LogP contribution in [-0.2, 0) is 14.6 Å². The number of nitrogens with zero attached hydrogens (tertiary/aromatic N) is 1. The number of anilines is 1. The Balaban J connectivity index is 2.33. The summed E-state index contributed by atoms with van der Waals surface area (Å²) in [6.07, 6.45) is 3.65. The number of hydrogen-bond donors (Lipinski definition) is 2. The van der Waals surface area contributed by atoms with Crippen LogP contribution in [0.4, 0.5) is 11.4 Å². The summed E-state index contributed by atoms with van der Waals surface area (Å²) in [5.41, 5.74) is 5.01. The number of nitrogens with one attached hydrogen (secondary N) is 1. The minimum atomic E-state index is -3.72. The number of amides is 1. The van der Waals surface area contributed by atoms with Crippen molar-refractivity contribution < 1.29 is 18.1 Å². The van der Waals surface area contributed by atoms with Gasteiger partial charge in [-0.25, -0.2) is 8.42 Å². The fourth-order valence-corrected chi connectivity index (χ4v) is 3.79. The van der Waals surface area contributed by atoms with Crippen LogP contribution in [0.2, 0.25) is 0 Å². The number of nitrogens with two attached hydrogens (primary N) is 1. The lowest BCUT2D eigenvalue weighted by atomic mass is 9.85. The van der Waals surface area contributed by atoms with Crippen LogP contribution < -0.4 is 11.1 Å². The van der Waals surface area contributed by atoms with Gasteiger partial charge in [0.1, 0.15) is 10.6 Å². The third-order valence-corrected chi connectivity index (χ3v) is 5.15. The number of nitro benzene ring substituents is 1. The molecule has 1 aliphatic carbocycles. The van der Waals surface area contributed by atoms with E-state index in [2.05, 4.69) is 5.32 Å². The van der Waals surface area contributed by atoms with Crippen molar-refractivity contribution in [1.82, 2.24) is 0 Å². The van der Waals surface area contributed by atoms with Crippen LogP contribution in [-0.4, -0.2) is 31.5 Å². The Morgan fingerprint density at radius 3 is 2.65 bits per heavy atom. The average molecular weight is 341 g/mol. The van der Waals surface area contributed by atoms with Gasteiger partial charge in [0.05, 0.1) is 4.92 Å². The molecule has 2 atom stereocenters. The Bertz CT molecular complexity index is 732. The first kappa shape index (κ1) is 17.2. The average Bonchev–Trinajstić information content (AvgIpc) is 2.46. The van der Waals surface area contributed by atoms with Gasteiger partial charge in [0.2, 0.25) is 5.91 Å². The molecule has 1 aromatic carbocycles. The number of carbonyl (C=O) groups excluding carboxylic acids is 1. The van der Waals surface area contributed by atoms with Crippen LogP contribution in [0.1, 0.15) is 25.7 Å². The summed E-state index contributed by atoms with van der Waals surface area (Å²) >= 11 is 0. The highest BCUT2D eigenvalue weighted by Gasteiger charge is 2.30.